The van der Waals surface area contributed by atoms with Crippen LogP contribution in [0.15, 0.2) is 0 Å². The van der Waals surface area contributed by atoms with Gasteiger partial charge in [0.1, 0.15) is 6.10 Å². The Morgan fingerprint density at radius 2 is 1.96 bits per heavy atom. The van der Waals surface area contributed by atoms with E-state index in [1.165, 1.54) is 0 Å². The molecule has 0 aromatic carbocycles. The van der Waals surface area contributed by atoms with Crippen LogP contribution in [0.1, 0.15) is 32.6 Å². The molecule has 2 rings (SSSR count). The molecule has 1 unspecified atom stereocenters. The number of carbonyl (C=O) groups excluding carboxylic acids is 3. The van der Waals surface area contributed by atoms with Gasteiger partial charge >= 0.3 is 6.09 Å². The molecule has 0 aromatic rings. The SMILES string of the molecule is CCOC(=O)N1CCC(NC(=O)CNC(=O)C2CCCO2)CC1. The highest BCUT2D eigenvalue weighted by atomic mass is 16.6. The van der Waals surface area contributed by atoms with Crippen LogP contribution in [-0.4, -0.2) is 67.8 Å². The van der Waals surface area contributed by atoms with E-state index in [9.17, 15) is 14.4 Å². The van der Waals surface area contributed by atoms with Crippen LogP contribution in [0.3, 0.4) is 0 Å². The number of hydrogen-bond donors (Lipinski definition) is 2. The number of ether oxygens (including phenoxy) is 2. The molecule has 8 nitrogen and oxygen atoms in total. The summed E-state index contributed by atoms with van der Waals surface area (Å²) in [5, 5.41) is 5.48. The molecule has 0 aromatic heterocycles. The molecule has 2 aliphatic heterocycles. The molecule has 3 amide bonds. The molecule has 0 radical (unpaired) electrons. The predicted octanol–water partition coefficient (Wildman–Crippen LogP) is 0.0187. The molecule has 2 saturated heterocycles. The molecule has 2 N–H and O–H groups in total. The smallest absolute Gasteiger partial charge is 0.409 e. The van der Waals surface area contributed by atoms with Gasteiger partial charge in [-0.15, -0.1) is 0 Å². The average Bonchev–Trinajstić information content (AvgIpc) is 3.08. The minimum atomic E-state index is -0.421. The Balaban J connectivity index is 1.62. The fourth-order valence-corrected chi connectivity index (χ4v) is 2.77. The zero-order valence-electron chi connectivity index (χ0n) is 13.5. The summed E-state index contributed by atoms with van der Waals surface area (Å²) in [4.78, 5) is 36.9. The number of carbonyl (C=O) groups is 3. The maximum Gasteiger partial charge on any atom is 0.409 e. The Kier molecular flexibility index (Phi) is 6.64. The average molecular weight is 327 g/mol. The molecule has 0 aliphatic carbocycles. The lowest BCUT2D eigenvalue weighted by Gasteiger charge is -2.31. The molecule has 2 fully saturated rings. The van der Waals surface area contributed by atoms with Gasteiger partial charge in [-0.3, -0.25) is 9.59 Å². The first-order chi connectivity index (χ1) is 11.1. The van der Waals surface area contributed by atoms with Crippen LogP contribution in [0.25, 0.3) is 0 Å². The highest BCUT2D eigenvalue weighted by molar-refractivity contribution is 5.87. The van der Waals surface area contributed by atoms with Gasteiger partial charge < -0.3 is 25.0 Å². The van der Waals surface area contributed by atoms with Crippen molar-refractivity contribution in [2.45, 2.75) is 44.8 Å². The van der Waals surface area contributed by atoms with E-state index in [2.05, 4.69) is 10.6 Å². The zero-order valence-corrected chi connectivity index (χ0v) is 13.5. The van der Waals surface area contributed by atoms with Crippen LogP contribution in [0.4, 0.5) is 4.79 Å². The van der Waals surface area contributed by atoms with Crippen LogP contribution in [0, 0.1) is 0 Å². The van der Waals surface area contributed by atoms with Crippen molar-refractivity contribution >= 4 is 17.9 Å². The van der Waals surface area contributed by atoms with E-state index < -0.39 is 6.10 Å². The molecular weight excluding hydrogens is 302 g/mol. The summed E-state index contributed by atoms with van der Waals surface area (Å²) in [6, 6.07) is 0.0211. The van der Waals surface area contributed by atoms with Crippen molar-refractivity contribution < 1.29 is 23.9 Å². The number of hydrogen-bond acceptors (Lipinski definition) is 5. The highest BCUT2D eigenvalue weighted by Crippen LogP contribution is 2.12. The number of nitrogens with zero attached hydrogens (tertiary/aromatic N) is 1. The third-order valence-electron chi connectivity index (χ3n) is 4.03. The van der Waals surface area contributed by atoms with Gasteiger partial charge in [-0.25, -0.2) is 4.79 Å². The maximum absolute atomic E-state index is 11.9. The molecule has 23 heavy (non-hydrogen) atoms. The molecule has 8 heteroatoms. The van der Waals surface area contributed by atoms with E-state index in [1.807, 2.05) is 0 Å². The van der Waals surface area contributed by atoms with Gasteiger partial charge in [-0.1, -0.05) is 0 Å². The second kappa shape index (κ2) is 8.71. The topological polar surface area (TPSA) is 97.0 Å². The molecule has 130 valence electrons. The molecular formula is C15H25N3O5. The van der Waals surface area contributed by atoms with Gasteiger partial charge in [0.05, 0.1) is 13.2 Å². The Hall–Kier alpha value is -1.83. The van der Waals surface area contributed by atoms with Crippen LogP contribution >= 0.6 is 0 Å². The van der Waals surface area contributed by atoms with E-state index in [4.69, 9.17) is 9.47 Å². The molecule has 2 heterocycles. The monoisotopic (exact) mass is 327 g/mol. The summed E-state index contributed by atoms with van der Waals surface area (Å²) in [5.74, 6) is -0.444. The number of nitrogens with one attached hydrogen (secondary N) is 2. The van der Waals surface area contributed by atoms with Gasteiger partial charge in [0.2, 0.25) is 11.8 Å². The number of likely N-dealkylation sites (tertiary alicyclic amines) is 1. The van der Waals surface area contributed by atoms with Crippen molar-refractivity contribution in [3.05, 3.63) is 0 Å². The lowest BCUT2D eigenvalue weighted by atomic mass is 10.1. The van der Waals surface area contributed by atoms with E-state index in [1.54, 1.807) is 11.8 Å². The van der Waals surface area contributed by atoms with Crippen molar-refractivity contribution in [3.63, 3.8) is 0 Å². The largest absolute Gasteiger partial charge is 0.450 e. The van der Waals surface area contributed by atoms with E-state index in [0.717, 1.165) is 6.42 Å². The second-order valence-electron chi connectivity index (χ2n) is 5.75. The van der Waals surface area contributed by atoms with Gasteiger partial charge in [0.15, 0.2) is 0 Å². The number of rotatable bonds is 5. The van der Waals surface area contributed by atoms with E-state index in [-0.39, 0.29) is 30.5 Å². The summed E-state index contributed by atoms with van der Waals surface area (Å²) in [6.07, 6.45) is 2.23. The Bertz CT molecular complexity index is 429. The second-order valence-corrected chi connectivity index (χ2v) is 5.75. The fraction of sp³-hybridized carbons (Fsp3) is 0.800. The van der Waals surface area contributed by atoms with Crippen molar-refractivity contribution in [2.24, 2.45) is 0 Å². The normalized spacial score (nSPS) is 21.8. The van der Waals surface area contributed by atoms with Crippen LogP contribution < -0.4 is 10.6 Å². The lowest BCUT2D eigenvalue weighted by molar-refractivity contribution is -0.132. The Morgan fingerprint density at radius 1 is 1.22 bits per heavy atom. The Morgan fingerprint density at radius 3 is 2.57 bits per heavy atom. The summed E-state index contributed by atoms with van der Waals surface area (Å²) in [6.45, 7) is 3.81. The first-order valence-electron chi connectivity index (χ1n) is 8.20. The van der Waals surface area contributed by atoms with Gasteiger partial charge in [0.25, 0.3) is 0 Å². The van der Waals surface area contributed by atoms with Gasteiger partial charge in [0, 0.05) is 25.7 Å². The molecule has 0 bridgehead atoms. The lowest BCUT2D eigenvalue weighted by Crippen LogP contribution is -2.49. The zero-order chi connectivity index (χ0) is 16.7. The van der Waals surface area contributed by atoms with E-state index in [0.29, 0.717) is 45.6 Å². The van der Waals surface area contributed by atoms with Crippen LogP contribution in [0.5, 0.6) is 0 Å². The highest BCUT2D eigenvalue weighted by Gasteiger charge is 2.26. The minimum absolute atomic E-state index is 0.0211. The first kappa shape index (κ1) is 17.5. The maximum atomic E-state index is 11.9. The molecule has 1 atom stereocenters. The predicted molar refractivity (Wildman–Crippen MR) is 81.7 cm³/mol. The van der Waals surface area contributed by atoms with Crippen molar-refractivity contribution in [1.29, 1.82) is 0 Å². The Labute approximate surface area is 135 Å². The number of piperidine rings is 1. The molecule has 0 spiro atoms. The molecule has 0 saturated carbocycles. The first-order valence-corrected chi connectivity index (χ1v) is 8.20. The molecule has 2 aliphatic rings. The van der Waals surface area contributed by atoms with Crippen molar-refractivity contribution in [3.8, 4) is 0 Å². The quantitative estimate of drug-likeness (QED) is 0.742. The van der Waals surface area contributed by atoms with Crippen LogP contribution in [0.2, 0.25) is 0 Å². The summed E-state index contributed by atoms with van der Waals surface area (Å²) < 4.78 is 10.2. The summed E-state index contributed by atoms with van der Waals surface area (Å²) in [5.41, 5.74) is 0. The van der Waals surface area contributed by atoms with Gasteiger partial charge in [-0.2, -0.15) is 0 Å². The number of amides is 3. The minimum Gasteiger partial charge on any atom is -0.450 e. The van der Waals surface area contributed by atoms with Crippen molar-refractivity contribution in [2.75, 3.05) is 32.8 Å². The van der Waals surface area contributed by atoms with Crippen molar-refractivity contribution in [1.82, 2.24) is 15.5 Å². The third-order valence-corrected chi connectivity index (χ3v) is 4.03. The third kappa shape index (κ3) is 5.38. The van der Waals surface area contributed by atoms with E-state index >= 15 is 0 Å². The summed E-state index contributed by atoms with van der Waals surface area (Å²) in [7, 11) is 0. The van der Waals surface area contributed by atoms with Gasteiger partial charge in [-0.05, 0) is 32.6 Å². The van der Waals surface area contributed by atoms with Crippen LogP contribution in [-0.2, 0) is 19.1 Å². The standard InChI is InChI=1S/C15H25N3O5/c1-2-22-15(21)18-7-5-11(6-8-18)17-13(19)10-16-14(20)12-4-3-9-23-12/h11-12H,2-10H2,1H3,(H,16,20)(H,17,19). The fourth-order valence-electron chi connectivity index (χ4n) is 2.77. The summed E-state index contributed by atoms with van der Waals surface area (Å²) >= 11 is 0.